The predicted molar refractivity (Wildman–Crippen MR) is 75.6 cm³/mol. The molecule has 3 heteroatoms. The van der Waals surface area contributed by atoms with Gasteiger partial charge in [-0.2, -0.15) is 11.8 Å². The number of nitrogens with zero attached hydrogens (tertiary/aromatic N) is 1. The molecule has 2 nitrogen and oxygen atoms in total. The molecular weight excluding hydrogens is 230 g/mol. The zero-order valence-corrected chi connectivity index (χ0v) is 12.1. The predicted octanol–water partition coefficient (Wildman–Crippen LogP) is 2.76. The van der Waals surface area contributed by atoms with Crippen LogP contribution in [0.15, 0.2) is 0 Å². The highest BCUT2D eigenvalue weighted by Gasteiger charge is 2.45. The van der Waals surface area contributed by atoms with Crippen molar-refractivity contribution >= 4 is 11.8 Å². The number of hydrogen-bond donors (Lipinski definition) is 1. The summed E-state index contributed by atoms with van der Waals surface area (Å²) in [4.78, 5) is 2.59. The Morgan fingerprint density at radius 2 is 1.76 bits per heavy atom. The number of likely N-dealkylation sites (tertiary alicyclic amines) is 1. The van der Waals surface area contributed by atoms with Crippen molar-refractivity contribution in [2.24, 2.45) is 5.41 Å². The minimum atomic E-state index is 0.311. The lowest BCUT2D eigenvalue weighted by molar-refractivity contribution is -0.0400. The van der Waals surface area contributed by atoms with Crippen molar-refractivity contribution in [2.45, 2.75) is 56.7 Å². The highest BCUT2D eigenvalue weighted by atomic mass is 32.2. The molecule has 2 fully saturated rings. The molecule has 2 unspecified atom stereocenters. The van der Waals surface area contributed by atoms with E-state index in [1.54, 1.807) is 11.8 Å². The van der Waals surface area contributed by atoms with Crippen molar-refractivity contribution < 1.29 is 5.11 Å². The fourth-order valence-electron chi connectivity index (χ4n) is 3.56. The van der Waals surface area contributed by atoms with Gasteiger partial charge in [-0.3, -0.25) is 4.90 Å². The molecular formula is C14H27NOS. The number of rotatable bonds is 4. The molecule has 100 valence electrons. The van der Waals surface area contributed by atoms with Gasteiger partial charge in [0.2, 0.25) is 0 Å². The van der Waals surface area contributed by atoms with E-state index in [1.807, 2.05) is 0 Å². The number of aliphatic hydroxyl groups is 1. The summed E-state index contributed by atoms with van der Waals surface area (Å²) in [5.41, 5.74) is 0.656. The quantitative estimate of drug-likeness (QED) is 0.838. The van der Waals surface area contributed by atoms with Gasteiger partial charge in [0.25, 0.3) is 0 Å². The molecule has 1 heterocycles. The fraction of sp³-hybridized carbons (Fsp3) is 1.00. The second kappa shape index (κ2) is 5.94. The van der Waals surface area contributed by atoms with Gasteiger partial charge in [0, 0.05) is 24.4 Å². The van der Waals surface area contributed by atoms with Crippen LogP contribution in [0.2, 0.25) is 0 Å². The lowest BCUT2D eigenvalue weighted by Gasteiger charge is -2.54. The van der Waals surface area contributed by atoms with Gasteiger partial charge < -0.3 is 5.11 Å². The van der Waals surface area contributed by atoms with Crippen LogP contribution in [0.25, 0.3) is 0 Å². The van der Waals surface area contributed by atoms with Crippen LogP contribution in [0.5, 0.6) is 0 Å². The Bertz CT molecular complexity index is 226. The third kappa shape index (κ3) is 2.99. The van der Waals surface area contributed by atoms with Gasteiger partial charge in [-0.25, -0.2) is 0 Å². The summed E-state index contributed by atoms with van der Waals surface area (Å²) < 4.78 is 0. The van der Waals surface area contributed by atoms with E-state index in [0.29, 0.717) is 23.3 Å². The third-order valence-corrected chi connectivity index (χ3v) is 5.99. The van der Waals surface area contributed by atoms with Crippen LogP contribution in [0.3, 0.4) is 0 Å². The van der Waals surface area contributed by atoms with Crippen LogP contribution >= 0.6 is 11.8 Å². The summed E-state index contributed by atoms with van der Waals surface area (Å²) in [6.07, 6.45) is 10.8. The second-order valence-corrected chi connectivity index (χ2v) is 7.09. The van der Waals surface area contributed by atoms with Gasteiger partial charge in [-0.05, 0) is 31.4 Å². The minimum Gasteiger partial charge on any atom is -0.395 e. The van der Waals surface area contributed by atoms with Gasteiger partial charge in [-0.15, -0.1) is 0 Å². The molecule has 0 aromatic heterocycles. The van der Waals surface area contributed by atoms with Gasteiger partial charge in [0.05, 0.1) is 6.61 Å². The first-order valence-electron chi connectivity index (χ1n) is 7.08. The Balaban J connectivity index is 1.84. The molecule has 0 aromatic rings. The van der Waals surface area contributed by atoms with Crippen LogP contribution in [0.4, 0.5) is 0 Å². The molecule has 1 aliphatic heterocycles. The van der Waals surface area contributed by atoms with Crippen molar-refractivity contribution in [3.8, 4) is 0 Å². The first-order valence-corrected chi connectivity index (χ1v) is 8.37. The molecule has 2 rings (SSSR count). The monoisotopic (exact) mass is 257 g/mol. The zero-order valence-electron chi connectivity index (χ0n) is 11.3. The standard InChI is InChI=1S/C14H27NOS/c1-12(13(9-16)17-2)15-10-14(11-15)7-5-3-4-6-8-14/h12-13,16H,3-11H2,1-2H3. The molecule has 2 atom stereocenters. The summed E-state index contributed by atoms with van der Waals surface area (Å²) in [7, 11) is 0. The van der Waals surface area contributed by atoms with Gasteiger partial charge in [0.1, 0.15) is 0 Å². The average Bonchev–Trinajstić information content (AvgIpc) is 2.53. The molecule has 1 saturated carbocycles. The molecule has 1 saturated heterocycles. The Kier molecular flexibility index (Phi) is 4.79. The smallest absolute Gasteiger partial charge is 0.0565 e. The van der Waals surface area contributed by atoms with Crippen molar-refractivity contribution in [1.29, 1.82) is 0 Å². The van der Waals surface area contributed by atoms with Crippen LogP contribution in [-0.4, -0.2) is 47.3 Å². The van der Waals surface area contributed by atoms with Gasteiger partial charge in [0.15, 0.2) is 0 Å². The maximum absolute atomic E-state index is 9.36. The summed E-state index contributed by atoms with van der Waals surface area (Å²) in [5.74, 6) is 0. The normalized spacial score (nSPS) is 28.4. The van der Waals surface area contributed by atoms with Gasteiger partial charge in [-0.1, -0.05) is 25.7 Å². The highest BCUT2D eigenvalue weighted by Crippen LogP contribution is 2.44. The van der Waals surface area contributed by atoms with Crippen molar-refractivity contribution in [3.05, 3.63) is 0 Å². The van der Waals surface area contributed by atoms with E-state index in [2.05, 4.69) is 18.1 Å². The number of hydrogen-bond acceptors (Lipinski definition) is 3. The lowest BCUT2D eigenvalue weighted by Crippen LogP contribution is -2.61. The second-order valence-electron chi connectivity index (χ2n) is 6.02. The van der Waals surface area contributed by atoms with E-state index in [0.717, 1.165) is 0 Å². The first kappa shape index (κ1) is 13.7. The number of thioether (sulfide) groups is 1. The average molecular weight is 257 g/mol. The van der Waals surface area contributed by atoms with E-state index in [9.17, 15) is 5.11 Å². The molecule has 1 N–H and O–H groups in total. The van der Waals surface area contributed by atoms with E-state index >= 15 is 0 Å². The van der Waals surface area contributed by atoms with Crippen molar-refractivity contribution in [2.75, 3.05) is 26.0 Å². The Labute approximate surface area is 110 Å². The molecule has 17 heavy (non-hydrogen) atoms. The zero-order chi connectivity index (χ0) is 12.3. The molecule has 0 bridgehead atoms. The molecule has 1 spiro atoms. The van der Waals surface area contributed by atoms with Gasteiger partial charge >= 0.3 is 0 Å². The Morgan fingerprint density at radius 1 is 1.18 bits per heavy atom. The molecule has 0 amide bonds. The topological polar surface area (TPSA) is 23.5 Å². The summed E-state index contributed by atoms with van der Waals surface area (Å²) in [6, 6.07) is 0.531. The first-order chi connectivity index (χ1) is 8.21. The van der Waals surface area contributed by atoms with Crippen molar-refractivity contribution in [3.63, 3.8) is 0 Å². The van der Waals surface area contributed by atoms with Crippen LogP contribution in [0.1, 0.15) is 45.4 Å². The fourth-order valence-corrected chi connectivity index (χ4v) is 4.27. The largest absolute Gasteiger partial charge is 0.395 e. The minimum absolute atomic E-state index is 0.311. The Morgan fingerprint density at radius 3 is 2.24 bits per heavy atom. The highest BCUT2D eigenvalue weighted by molar-refractivity contribution is 7.99. The van der Waals surface area contributed by atoms with Crippen LogP contribution in [-0.2, 0) is 0 Å². The van der Waals surface area contributed by atoms with Crippen molar-refractivity contribution in [1.82, 2.24) is 4.90 Å². The van der Waals surface area contributed by atoms with Crippen LogP contribution < -0.4 is 0 Å². The van der Waals surface area contributed by atoms with Crippen LogP contribution in [0, 0.1) is 5.41 Å². The van der Waals surface area contributed by atoms with E-state index < -0.39 is 0 Å². The summed E-state index contributed by atoms with van der Waals surface area (Å²) >= 11 is 1.80. The SMILES string of the molecule is CSC(CO)C(C)N1CC2(CCCCCC2)C1. The van der Waals surface area contributed by atoms with E-state index in [1.165, 1.54) is 51.6 Å². The Hall–Kier alpha value is 0.270. The molecule has 2 aliphatic rings. The number of aliphatic hydroxyl groups excluding tert-OH is 1. The maximum atomic E-state index is 9.36. The molecule has 0 aromatic carbocycles. The molecule has 0 radical (unpaired) electrons. The molecule has 1 aliphatic carbocycles. The summed E-state index contributed by atoms with van der Waals surface area (Å²) in [6.45, 7) is 5.16. The summed E-state index contributed by atoms with van der Waals surface area (Å²) in [5, 5.41) is 9.75. The maximum Gasteiger partial charge on any atom is 0.0565 e. The van der Waals surface area contributed by atoms with E-state index in [-0.39, 0.29) is 0 Å². The van der Waals surface area contributed by atoms with E-state index in [4.69, 9.17) is 0 Å². The lowest BCUT2D eigenvalue weighted by atomic mass is 9.73. The third-order valence-electron chi connectivity index (χ3n) is 4.84.